The van der Waals surface area contributed by atoms with Gasteiger partial charge in [-0.3, -0.25) is 0 Å². The molecule has 1 nitrogen and oxygen atoms in total. The van der Waals surface area contributed by atoms with Gasteiger partial charge >= 0.3 is 214 Å². The van der Waals surface area contributed by atoms with Crippen molar-refractivity contribution in [2.45, 2.75) is 40.2 Å². The second kappa shape index (κ2) is 8.79. The maximum atomic E-state index is 8.00. The summed E-state index contributed by atoms with van der Waals surface area (Å²) in [6, 6.07) is 26.1. The molecule has 0 spiro atoms. The van der Waals surface area contributed by atoms with Crippen LogP contribution in [0.25, 0.3) is 16.7 Å². The molecule has 2 aliphatic carbocycles. The molecular formula is C29H32Cl2OSiZr. The van der Waals surface area contributed by atoms with Crippen LogP contribution in [0, 0.1) is 0 Å². The number of allylic oxidation sites excluding steroid dienone is 1. The van der Waals surface area contributed by atoms with Gasteiger partial charge in [0.1, 0.15) is 0 Å². The van der Waals surface area contributed by atoms with E-state index in [2.05, 4.69) is 109 Å². The third kappa shape index (κ3) is 4.02. The monoisotopic (exact) mass is 584 g/mol. The molecule has 5 rings (SSSR count). The van der Waals surface area contributed by atoms with Crippen molar-refractivity contribution in [3.05, 3.63) is 101 Å². The van der Waals surface area contributed by atoms with Crippen LogP contribution in [-0.2, 0) is 20.3 Å². The van der Waals surface area contributed by atoms with E-state index in [0.717, 1.165) is 13.0 Å². The van der Waals surface area contributed by atoms with Crippen LogP contribution >= 0.6 is 17.0 Å². The quantitative estimate of drug-likeness (QED) is 0.262. The van der Waals surface area contributed by atoms with Crippen molar-refractivity contribution in [1.29, 1.82) is 0 Å². The van der Waals surface area contributed by atoms with Gasteiger partial charge in [-0.2, -0.15) is 0 Å². The third-order valence-electron chi connectivity index (χ3n) is 7.45. The summed E-state index contributed by atoms with van der Waals surface area (Å²) in [4.78, 5) is 0. The van der Waals surface area contributed by atoms with Gasteiger partial charge in [0.25, 0.3) is 0 Å². The van der Waals surface area contributed by atoms with E-state index in [0.29, 0.717) is 0 Å². The van der Waals surface area contributed by atoms with Crippen LogP contribution in [0.1, 0.15) is 42.8 Å². The Hall–Kier alpha value is -1.09. The molecule has 0 saturated carbocycles. The molecular weight excluding hydrogens is 555 g/mol. The minimum atomic E-state index is -4.70. The number of hydrogen-bond acceptors (Lipinski definition) is 1. The number of hydrogen-bond donors (Lipinski definition) is 0. The zero-order valence-electron chi connectivity index (χ0n) is 20.3. The topological polar surface area (TPSA) is 9.23 Å². The molecule has 5 heteroatoms. The summed E-state index contributed by atoms with van der Waals surface area (Å²) in [5.74, 6) is 0. The van der Waals surface area contributed by atoms with E-state index in [1.165, 1.54) is 39.0 Å². The number of halogens is 2. The first-order chi connectivity index (χ1) is 16.1. The van der Waals surface area contributed by atoms with E-state index in [4.69, 9.17) is 21.5 Å². The Morgan fingerprint density at radius 1 is 0.794 bits per heavy atom. The Morgan fingerprint density at radius 2 is 1.29 bits per heavy atom. The Balaban J connectivity index is 1.66. The molecule has 0 bridgehead atoms. The third-order valence-corrected chi connectivity index (χ3v) is 27.5. The van der Waals surface area contributed by atoms with Gasteiger partial charge in [-0.25, -0.2) is 0 Å². The van der Waals surface area contributed by atoms with Crippen molar-refractivity contribution in [3.8, 4) is 11.1 Å². The Kier molecular flexibility index (Phi) is 6.36. The molecule has 34 heavy (non-hydrogen) atoms. The predicted octanol–water partition coefficient (Wildman–Crippen LogP) is 8.96. The average Bonchev–Trinajstić information content (AvgIpc) is 3.36. The van der Waals surface area contributed by atoms with Crippen molar-refractivity contribution in [2.75, 3.05) is 6.61 Å². The van der Waals surface area contributed by atoms with Crippen molar-refractivity contribution in [2.24, 2.45) is 0 Å². The second-order valence-electron chi connectivity index (χ2n) is 10.6. The van der Waals surface area contributed by atoms with Crippen LogP contribution in [0.2, 0.25) is 19.6 Å². The van der Waals surface area contributed by atoms with E-state index < -0.39 is 24.2 Å². The Bertz CT molecular complexity index is 1320. The molecule has 0 heterocycles. The zero-order chi connectivity index (χ0) is 24.2. The molecule has 176 valence electrons. The molecule has 0 aromatic heterocycles. The summed E-state index contributed by atoms with van der Waals surface area (Å²) in [5, 5.41) is 0. The standard InChI is InChI=1S/C14H19OSi.C13H9.C2H4.2ClH.Zr/c1-16(2,3)15-11-10-13-9-8-12-6-4-5-7-14(12)13;1-3-7-12-10(5-1)9-11-6-2-4-8-13(11)12;1-2;;;/h4-9H,10-11H2,1-3H3;1-9H;1H,2H3;2*1H;/q;;;;;+2/p-2. The molecule has 0 aliphatic heterocycles. The van der Waals surface area contributed by atoms with Crippen LogP contribution in [0.3, 0.4) is 0 Å². The average molecular weight is 587 g/mol. The SMILES string of the molecule is C[CH]=[Zr]([Cl])([Cl])([CH]1C=C(CCO[Si](C)(C)C)c2ccccc21)[CH]1c2ccccc2-c2ccccc21. The normalized spacial score (nSPS) is 17.7. The van der Waals surface area contributed by atoms with E-state index in [1.54, 1.807) is 0 Å². The number of rotatable bonds is 6. The van der Waals surface area contributed by atoms with Gasteiger partial charge in [0.05, 0.1) is 0 Å². The van der Waals surface area contributed by atoms with Gasteiger partial charge < -0.3 is 0 Å². The minimum absolute atomic E-state index is 0.0223. The molecule has 0 fully saturated rings. The summed E-state index contributed by atoms with van der Waals surface area (Å²) in [6.45, 7) is 9.55. The fourth-order valence-corrected chi connectivity index (χ4v) is 21.6. The Labute approximate surface area is 212 Å². The molecule has 0 saturated heterocycles. The molecule has 1 atom stereocenters. The first kappa shape index (κ1) is 24.6. The van der Waals surface area contributed by atoms with Crippen LogP contribution in [0.4, 0.5) is 0 Å². The van der Waals surface area contributed by atoms with E-state index in [-0.39, 0.29) is 7.25 Å². The van der Waals surface area contributed by atoms with Crippen LogP contribution in [0.15, 0.2) is 78.9 Å². The van der Waals surface area contributed by atoms with Gasteiger partial charge in [0.2, 0.25) is 0 Å². The number of benzene rings is 3. The number of fused-ring (bicyclic) bond motifs is 4. The van der Waals surface area contributed by atoms with E-state index in [1.807, 2.05) is 0 Å². The molecule has 0 radical (unpaired) electrons. The molecule has 1 unspecified atom stereocenters. The van der Waals surface area contributed by atoms with Gasteiger partial charge in [-0.1, -0.05) is 0 Å². The molecule has 2 aliphatic rings. The Morgan fingerprint density at radius 3 is 1.82 bits per heavy atom. The first-order valence-electron chi connectivity index (χ1n) is 12.1. The van der Waals surface area contributed by atoms with Gasteiger partial charge in [-0.15, -0.1) is 0 Å². The van der Waals surface area contributed by atoms with Crippen LogP contribution < -0.4 is 0 Å². The summed E-state index contributed by atoms with van der Waals surface area (Å²) >= 11 is -4.70. The van der Waals surface area contributed by atoms with E-state index in [9.17, 15) is 0 Å². The summed E-state index contributed by atoms with van der Waals surface area (Å²) in [6.07, 6.45) is 3.28. The van der Waals surface area contributed by atoms with Crippen LogP contribution in [-0.4, -0.2) is 18.6 Å². The van der Waals surface area contributed by atoms with Crippen LogP contribution in [0.5, 0.6) is 0 Å². The fourth-order valence-electron chi connectivity index (χ4n) is 5.86. The van der Waals surface area contributed by atoms with Crippen molar-refractivity contribution in [1.82, 2.24) is 0 Å². The summed E-state index contributed by atoms with van der Waals surface area (Å²) in [7, 11) is 14.4. The summed E-state index contributed by atoms with van der Waals surface area (Å²) < 4.78 is 8.49. The zero-order valence-corrected chi connectivity index (χ0v) is 25.3. The maximum absolute atomic E-state index is 8.00. The van der Waals surface area contributed by atoms with Crippen molar-refractivity contribution < 1.29 is 20.3 Å². The second-order valence-corrected chi connectivity index (χ2v) is 36.6. The van der Waals surface area contributed by atoms with Gasteiger partial charge in [0.15, 0.2) is 0 Å². The molecule has 0 amide bonds. The predicted molar refractivity (Wildman–Crippen MR) is 148 cm³/mol. The fraction of sp³-hybridized carbons (Fsp3) is 0.276. The van der Waals surface area contributed by atoms with Gasteiger partial charge in [0, 0.05) is 0 Å². The van der Waals surface area contributed by atoms with Crippen molar-refractivity contribution in [3.63, 3.8) is 0 Å². The van der Waals surface area contributed by atoms with E-state index >= 15 is 0 Å². The first-order valence-corrected chi connectivity index (χ1v) is 26.1. The summed E-state index contributed by atoms with van der Waals surface area (Å²) in [5.41, 5.74) is 8.98. The molecule has 0 N–H and O–H groups in total. The molecule has 3 aromatic rings. The molecule has 3 aromatic carbocycles. The van der Waals surface area contributed by atoms with Gasteiger partial charge in [-0.05, 0) is 0 Å². The van der Waals surface area contributed by atoms with Crippen molar-refractivity contribution >= 4 is 34.6 Å².